The van der Waals surface area contributed by atoms with Gasteiger partial charge in [-0.05, 0) is 24.0 Å². The molecule has 15 heavy (non-hydrogen) atoms. The summed E-state index contributed by atoms with van der Waals surface area (Å²) in [5.41, 5.74) is 2.42. The predicted molar refractivity (Wildman–Crippen MR) is 60.9 cm³/mol. The fraction of sp³-hybridized carbons (Fsp3) is 0.462. The van der Waals surface area contributed by atoms with E-state index in [1.54, 1.807) is 6.92 Å². The molecule has 0 aliphatic heterocycles. The average molecular weight is 206 g/mol. The summed E-state index contributed by atoms with van der Waals surface area (Å²) in [6.45, 7) is 3.89. The monoisotopic (exact) mass is 206 g/mol. The molecule has 0 aliphatic carbocycles. The van der Waals surface area contributed by atoms with E-state index in [2.05, 4.69) is 19.1 Å². The lowest BCUT2D eigenvalue weighted by molar-refractivity contribution is -0.141. The smallest absolute Gasteiger partial charge is 0.306 e. The van der Waals surface area contributed by atoms with Crippen molar-refractivity contribution in [2.75, 3.05) is 0 Å². The Morgan fingerprint density at radius 3 is 2.27 bits per heavy atom. The molecular weight excluding hydrogens is 188 g/mol. The number of hydrogen-bond acceptors (Lipinski definition) is 1. The van der Waals surface area contributed by atoms with E-state index in [0.717, 1.165) is 18.4 Å². The Morgan fingerprint density at radius 2 is 1.80 bits per heavy atom. The molecule has 0 fully saturated rings. The molecule has 0 aliphatic rings. The van der Waals surface area contributed by atoms with Gasteiger partial charge in [0.15, 0.2) is 0 Å². The maximum Gasteiger partial charge on any atom is 0.306 e. The van der Waals surface area contributed by atoms with E-state index in [1.165, 1.54) is 5.56 Å². The van der Waals surface area contributed by atoms with Gasteiger partial charge < -0.3 is 5.11 Å². The van der Waals surface area contributed by atoms with Crippen LogP contribution in [-0.4, -0.2) is 11.1 Å². The van der Waals surface area contributed by atoms with Crippen molar-refractivity contribution < 1.29 is 9.90 Å². The van der Waals surface area contributed by atoms with Gasteiger partial charge in [0, 0.05) is 0 Å². The molecule has 1 aromatic carbocycles. The topological polar surface area (TPSA) is 37.3 Å². The summed E-state index contributed by atoms with van der Waals surface area (Å²) in [7, 11) is 0. The molecule has 1 rings (SSSR count). The quantitative estimate of drug-likeness (QED) is 0.804. The second kappa shape index (κ2) is 5.54. The van der Waals surface area contributed by atoms with Gasteiger partial charge in [-0.2, -0.15) is 0 Å². The minimum atomic E-state index is -0.729. The number of carboxylic acids is 1. The number of hydrogen-bond donors (Lipinski definition) is 1. The second-order valence-electron chi connectivity index (χ2n) is 4.01. The van der Waals surface area contributed by atoms with Gasteiger partial charge >= 0.3 is 5.97 Å². The van der Waals surface area contributed by atoms with Crippen LogP contribution in [-0.2, 0) is 17.6 Å². The van der Waals surface area contributed by atoms with E-state index in [-0.39, 0.29) is 5.92 Å². The maximum absolute atomic E-state index is 10.7. The van der Waals surface area contributed by atoms with Crippen LogP contribution in [0.25, 0.3) is 0 Å². The third-order valence-electron chi connectivity index (χ3n) is 2.53. The van der Waals surface area contributed by atoms with Crippen molar-refractivity contribution in [1.82, 2.24) is 0 Å². The molecule has 82 valence electrons. The Labute approximate surface area is 90.9 Å². The summed E-state index contributed by atoms with van der Waals surface area (Å²) in [5.74, 6) is -1.03. The molecule has 2 heteroatoms. The summed E-state index contributed by atoms with van der Waals surface area (Å²) in [4.78, 5) is 10.7. The molecule has 0 bridgehead atoms. The van der Waals surface area contributed by atoms with Gasteiger partial charge in [-0.1, -0.05) is 44.5 Å². The van der Waals surface area contributed by atoms with Crippen LogP contribution in [0.2, 0.25) is 0 Å². The number of benzene rings is 1. The van der Waals surface area contributed by atoms with Crippen molar-refractivity contribution in [3.63, 3.8) is 0 Å². The standard InChI is InChI=1S/C13H18O2/c1-3-4-11-5-7-12(8-6-11)9-10(2)13(14)15/h5-8,10H,3-4,9H2,1-2H3,(H,14,15). The van der Waals surface area contributed by atoms with Crippen LogP contribution in [0.3, 0.4) is 0 Å². The van der Waals surface area contributed by atoms with Crippen LogP contribution in [0.1, 0.15) is 31.4 Å². The van der Waals surface area contributed by atoms with E-state index < -0.39 is 5.97 Å². The van der Waals surface area contributed by atoms with Gasteiger partial charge in [0.05, 0.1) is 5.92 Å². The van der Waals surface area contributed by atoms with Crippen molar-refractivity contribution in [2.24, 2.45) is 5.92 Å². The first-order valence-electron chi connectivity index (χ1n) is 5.44. The Morgan fingerprint density at radius 1 is 1.27 bits per heavy atom. The first-order valence-corrected chi connectivity index (χ1v) is 5.44. The highest BCUT2D eigenvalue weighted by Crippen LogP contribution is 2.11. The SMILES string of the molecule is CCCc1ccc(CC(C)C(=O)O)cc1. The molecule has 0 radical (unpaired) electrons. The van der Waals surface area contributed by atoms with E-state index in [0.29, 0.717) is 6.42 Å². The third kappa shape index (κ3) is 3.74. The lowest BCUT2D eigenvalue weighted by atomic mass is 9.99. The molecule has 0 spiro atoms. The number of aliphatic carboxylic acids is 1. The molecule has 1 atom stereocenters. The number of rotatable bonds is 5. The molecule has 0 saturated carbocycles. The van der Waals surface area contributed by atoms with Crippen LogP contribution >= 0.6 is 0 Å². The Kier molecular flexibility index (Phi) is 4.35. The maximum atomic E-state index is 10.7. The lowest BCUT2D eigenvalue weighted by Crippen LogP contribution is -2.12. The molecule has 2 nitrogen and oxygen atoms in total. The van der Waals surface area contributed by atoms with Crippen molar-refractivity contribution in [2.45, 2.75) is 33.1 Å². The van der Waals surface area contributed by atoms with E-state index >= 15 is 0 Å². The van der Waals surface area contributed by atoms with Crippen LogP contribution in [0.15, 0.2) is 24.3 Å². The summed E-state index contributed by atoms with van der Waals surface area (Å²) >= 11 is 0. The molecule has 0 saturated heterocycles. The van der Waals surface area contributed by atoms with Crippen LogP contribution in [0.5, 0.6) is 0 Å². The zero-order valence-electron chi connectivity index (χ0n) is 9.36. The van der Waals surface area contributed by atoms with Gasteiger partial charge in [-0.15, -0.1) is 0 Å². The van der Waals surface area contributed by atoms with E-state index in [9.17, 15) is 4.79 Å². The summed E-state index contributed by atoms with van der Waals surface area (Å²) in [6, 6.07) is 8.25. The van der Waals surface area contributed by atoms with Gasteiger partial charge in [-0.25, -0.2) is 0 Å². The van der Waals surface area contributed by atoms with Crippen molar-refractivity contribution >= 4 is 5.97 Å². The van der Waals surface area contributed by atoms with Gasteiger partial charge in [0.2, 0.25) is 0 Å². The minimum Gasteiger partial charge on any atom is -0.481 e. The molecular formula is C13H18O2. The third-order valence-corrected chi connectivity index (χ3v) is 2.53. The van der Waals surface area contributed by atoms with E-state index in [1.807, 2.05) is 12.1 Å². The summed E-state index contributed by atoms with van der Waals surface area (Å²) in [6.07, 6.45) is 2.85. The fourth-order valence-corrected chi connectivity index (χ4v) is 1.57. The highest BCUT2D eigenvalue weighted by Gasteiger charge is 2.10. The zero-order valence-corrected chi connectivity index (χ0v) is 9.36. The van der Waals surface area contributed by atoms with Crippen LogP contribution in [0.4, 0.5) is 0 Å². The van der Waals surface area contributed by atoms with Gasteiger partial charge in [0.25, 0.3) is 0 Å². The van der Waals surface area contributed by atoms with Crippen LogP contribution < -0.4 is 0 Å². The molecule has 0 aromatic heterocycles. The number of carbonyl (C=O) groups is 1. The Balaban J connectivity index is 2.60. The predicted octanol–water partition coefficient (Wildman–Crippen LogP) is 2.90. The first kappa shape index (κ1) is 11.8. The highest BCUT2D eigenvalue weighted by atomic mass is 16.4. The Bertz CT molecular complexity index is 314. The molecule has 0 amide bonds. The summed E-state index contributed by atoms with van der Waals surface area (Å²) in [5, 5.41) is 8.78. The van der Waals surface area contributed by atoms with E-state index in [4.69, 9.17) is 5.11 Å². The van der Waals surface area contributed by atoms with Crippen LogP contribution in [0, 0.1) is 5.92 Å². The normalized spacial score (nSPS) is 12.4. The largest absolute Gasteiger partial charge is 0.481 e. The lowest BCUT2D eigenvalue weighted by Gasteiger charge is -2.06. The average Bonchev–Trinajstić information content (AvgIpc) is 2.21. The van der Waals surface area contributed by atoms with Gasteiger partial charge in [0.1, 0.15) is 0 Å². The number of carboxylic acid groups (broad SMARTS) is 1. The molecule has 0 heterocycles. The van der Waals surface area contributed by atoms with Crippen molar-refractivity contribution in [3.8, 4) is 0 Å². The Hall–Kier alpha value is -1.31. The highest BCUT2D eigenvalue weighted by molar-refractivity contribution is 5.69. The summed E-state index contributed by atoms with van der Waals surface area (Å²) < 4.78 is 0. The van der Waals surface area contributed by atoms with Gasteiger partial charge in [-0.3, -0.25) is 4.79 Å². The molecule has 1 aromatic rings. The first-order chi connectivity index (χ1) is 7.13. The number of aryl methyl sites for hydroxylation is 1. The zero-order chi connectivity index (χ0) is 11.3. The second-order valence-corrected chi connectivity index (χ2v) is 4.01. The molecule has 1 N–H and O–H groups in total. The fourth-order valence-electron chi connectivity index (χ4n) is 1.57. The van der Waals surface area contributed by atoms with Crippen molar-refractivity contribution in [1.29, 1.82) is 0 Å². The minimum absolute atomic E-state index is 0.304. The molecule has 1 unspecified atom stereocenters. The van der Waals surface area contributed by atoms with Crippen molar-refractivity contribution in [3.05, 3.63) is 35.4 Å².